The number of carbonyl (C=O) groups excluding carboxylic acids is 3. The maximum atomic E-state index is 13.2. The van der Waals surface area contributed by atoms with Gasteiger partial charge in [-0.05, 0) is 93.0 Å². The quantitative estimate of drug-likeness (QED) is 0.188. The van der Waals surface area contributed by atoms with E-state index >= 15 is 0 Å². The third-order valence-electron chi connectivity index (χ3n) is 14.1. The first-order chi connectivity index (χ1) is 30.1. The van der Waals surface area contributed by atoms with Crippen molar-refractivity contribution in [3.05, 3.63) is 92.6 Å². The predicted molar refractivity (Wildman–Crippen MR) is 240 cm³/mol. The molecule has 14 nitrogen and oxygen atoms in total. The molecular formula is C48H52ClN9O5. The van der Waals surface area contributed by atoms with Gasteiger partial charge < -0.3 is 44.4 Å². The van der Waals surface area contributed by atoms with Crippen LogP contribution in [0.3, 0.4) is 0 Å². The van der Waals surface area contributed by atoms with Gasteiger partial charge in [0.25, 0.3) is 11.8 Å². The van der Waals surface area contributed by atoms with Crippen molar-refractivity contribution in [2.24, 2.45) is 14.1 Å². The number of amides is 3. The van der Waals surface area contributed by atoms with Crippen LogP contribution in [-0.4, -0.2) is 105 Å². The van der Waals surface area contributed by atoms with E-state index in [-0.39, 0.29) is 23.4 Å². The zero-order valence-corrected chi connectivity index (χ0v) is 37.4. The Morgan fingerprint density at radius 1 is 0.810 bits per heavy atom. The number of aromatic nitrogens is 4. The van der Waals surface area contributed by atoms with Crippen molar-refractivity contribution in [3.8, 4) is 39.5 Å². The van der Waals surface area contributed by atoms with Gasteiger partial charge in [0.15, 0.2) is 0 Å². The van der Waals surface area contributed by atoms with Crippen LogP contribution in [0.2, 0.25) is 5.15 Å². The van der Waals surface area contributed by atoms with Crippen molar-refractivity contribution >= 4 is 35.2 Å². The molecule has 7 aliphatic rings. The minimum Gasteiger partial charge on any atom is -0.490 e. The Morgan fingerprint density at radius 3 is 2.03 bits per heavy atom. The van der Waals surface area contributed by atoms with Crippen LogP contribution >= 0.6 is 11.6 Å². The number of ether oxygens (including phenoxy) is 2. The molecule has 0 radical (unpaired) electrons. The Morgan fingerprint density at radius 2 is 1.41 bits per heavy atom. The summed E-state index contributed by atoms with van der Waals surface area (Å²) in [5, 5.41) is 10.3. The minimum absolute atomic E-state index is 0.0551. The molecule has 1 aromatic carbocycles. The fourth-order valence-corrected chi connectivity index (χ4v) is 11.2. The van der Waals surface area contributed by atoms with Crippen LogP contribution in [0.15, 0.2) is 42.7 Å². The summed E-state index contributed by atoms with van der Waals surface area (Å²) >= 11 is 6.17. The Bertz CT molecular complexity index is 2810. The molecule has 2 saturated heterocycles. The van der Waals surface area contributed by atoms with Gasteiger partial charge in [0.05, 0.1) is 51.5 Å². The van der Waals surface area contributed by atoms with E-state index in [0.717, 1.165) is 114 Å². The number of likely N-dealkylation sites (tertiary alicyclic amines) is 1. The average Bonchev–Trinajstić information content (AvgIpc) is 3.69. The third kappa shape index (κ3) is 6.42. The summed E-state index contributed by atoms with van der Waals surface area (Å²) in [6, 6.07) is 10.4. The van der Waals surface area contributed by atoms with E-state index in [1.807, 2.05) is 46.3 Å². The number of anilines is 1. The number of nitrogens with zero attached hydrogens (tertiary/aromatic N) is 6. The van der Waals surface area contributed by atoms with E-state index < -0.39 is 11.1 Å². The highest BCUT2D eigenvalue weighted by atomic mass is 35.5. The van der Waals surface area contributed by atoms with Crippen molar-refractivity contribution in [1.29, 1.82) is 0 Å². The summed E-state index contributed by atoms with van der Waals surface area (Å²) in [7, 11) is 6.22. The van der Waals surface area contributed by atoms with E-state index in [2.05, 4.69) is 73.3 Å². The van der Waals surface area contributed by atoms with Crippen molar-refractivity contribution in [2.45, 2.75) is 76.0 Å². The van der Waals surface area contributed by atoms with Gasteiger partial charge in [0, 0.05) is 101 Å². The molecule has 3 N–H and O–H groups in total. The standard InChI is InChI=1S/C26H27N5O2.C22H25ClN4O3/c1-30-7-8-33-22-9-15(4-6-20(22)30)19-10-18-16(12-28-19)3-5-17-23-21(31(2)24(17)18)11-26(13-27-14-26)29-25(23)32;1-21(2,3)30-20(29)27-10-22(11-27)8-15-17(19(28)25-22)13-6-5-12-9-24-16(23)7-14(12)18(13)26(15)4/h4,6,9-10,12,27H,3,5,7-8,11,13-14H2,1-2H3,(H,29,32);7,9H,5-6,8,10-11H2,1-4H3,(H,25,28). The molecule has 0 saturated carbocycles. The second kappa shape index (κ2) is 14.1. The SMILES string of the molecule is CN1CCOc2cc(-c3cc4c(cn3)CCc3c5c(n(C)c3-4)CC3(CNC3)NC5=O)ccc21.Cn1c2c(c3c1-c1cc(Cl)ncc1CC3)C(=O)NC1(C2)CN(C(=O)OC(C)(C)C)C1. The van der Waals surface area contributed by atoms with E-state index in [1.165, 1.54) is 28.1 Å². The fourth-order valence-electron chi connectivity index (χ4n) is 11.0. The normalized spacial score (nSPS) is 19.2. The molecule has 2 aliphatic carbocycles. The molecule has 3 amide bonds. The third-order valence-corrected chi connectivity index (χ3v) is 14.3. The monoisotopic (exact) mass is 869 g/mol. The predicted octanol–water partition coefficient (Wildman–Crippen LogP) is 5.42. The van der Waals surface area contributed by atoms with Gasteiger partial charge in [0.1, 0.15) is 23.1 Å². The van der Waals surface area contributed by atoms with E-state index in [0.29, 0.717) is 31.3 Å². The van der Waals surface area contributed by atoms with Crippen LogP contribution in [0.25, 0.3) is 33.8 Å². The molecule has 326 valence electrons. The zero-order valence-electron chi connectivity index (χ0n) is 36.6. The summed E-state index contributed by atoms with van der Waals surface area (Å²) in [5.74, 6) is 0.940. The molecule has 0 atom stereocenters. The molecular weight excluding hydrogens is 818 g/mol. The molecule has 4 aromatic heterocycles. The van der Waals surface area contributed by atoms with Gasteiger partial charge in [-0.25, -0.2) is 9.78 Å². The Hall–Kier alpha value is -5.86. The Balaban J connectivity index is 0.000000142. The lowest BCUT2D eigenvalue weighted by molar-refractivity contribution is -0.0170. The average molecular weight is 870 g/mol. The molecule has 2 spiro atoms. The molecule has 63 heavy (non-hydrogen) atoms. The maximum absolute atomic E-state index is 13.2. The molecule has 9 heterocycles. The second-order valence-electron chi connectivity index (χ2n) is 19.5. The summed E-state index contributed by atoms with van der Waals surface area (Å²) in [5.41, 5.74) is 15.0. The zero-order chi connectivity index (χ0) is 43.7. The van der Waals surface area contributed by atoms with Crippen molar-refractivity contribution in [1.82, 2.24) is 40.0 Å². The first-order valence-corrected chi connectivity index (χ1v) is 22.3. The molecule has 5 aliphatic heterocycles. The van der Waals surface area contributed by atoms with Crippen LogP contribution in [0.4, 0.5) is 10.5 Å². The minimum atomic E-state index is -0.538. The number of halogens is 1. The van der Waals surface area contributed by atoms with Gasteiger partial charge in [-0.3, -0.25) is 14.6 Å². The Labute approximate surface area is 371 Å². The second-order valence-corrected chi connectivity index (χ2v) is 19.9. The van der Waals surface area contributed by atoms with Crippen LogP contribution in [0, 0.1) is 0 Å². The fraction of sp³-hybridized carbons (Fsp3) is 0.438. The lowest BCUT2D eigenvalue weighted by atomic mass is 9.80. The first kappa shape index (κ1) is 40.0. The number of pyridine rings is 2. The molecule has 12 rings (SSSR count). The van der Waals surface area contributed by atoms with E-state index in [1.54, 1.807) is 4.90 Å². The number of carbonyl (C=O) groups is 3. The van der Waals surface area contributed by atoms with Crippen LogP contribution in [0.5, 0.6) is 5.75 Å². The topological polar surface area (TPSA) is 148 Å². The number of benzene rings is 1. The number of nitrogens with one attached hydrogen (secondary N) is 3. The number of hydrogen-bond donors (Lipinski definition) is 3. The van der Waals surface area contributed by atoms with Crippen molar-refractivity contribution in [3.63, 3.8) is 0 Å². The number of aryl methyl sites for hydroxylation is 2. The van der Waals surface area contributed by atoms with Crippen LogP contribution in [0.1, 0.15) is 75.1 Å². The number of likely N-dealkylation sites (N-methyl/N-ethyl adjacent to an activating group) is 1. The molecule has 15 heteroatoms. The van der Waals surface area contributed by atoms with Gasteiger partial charge in [0.2, 0.25) is 0 Å². The Kier molecular flexibility index (Phi) is 8.92. The van der Waals surface area contributed by atoms with Gasteiger partial charge in [-0.15, -0.1) is 0 Å². The smallest absolute Gasteiger partial charge is 0.410 e. The van der Waals surface area contributed by atoms with Gasteiger partial charge >= 0.3 is 6.09 Å². The van der Waals surface area contributed by atoms with Crippen LogP contribution in [-0.2, 0) is 57.4 Å². The van der Waals surface area contributed by atoms with Crippen molar-refractivity contribution in [2.75, 3.05) is 51.3 Å². The number of hydrogen-bond acceptors (Lipinski definition) is 9. The molecule has 0 unspecified atom stereocenters. The summed E-state index contributed by atoms with van der Waals surface area (Å²) in [6.07, 6.45) is 8.51. The number of rotatable bonds is 1. The molecule has 2 fully saturated rings. The molecule has 5 aromatic rings. The maximum Gasteiger partial charge on any atom is 0.410 e. The first-order valence-electron chi connectivity index (χ1n) is 22.0. The lowest BCUT2D eigenvalue weighted by Gasteiger charge is -2.51. The highest BCUT2D eigenvalue weighted by Gasteiger charge is 2.52. The van der Waals surface area contributed by atoms with Gasteiger partial charge in [-0.1, -0.05) is 17.7 Å². The lowest BCUT2D eigenvalue weighted by Crippen LogP contribution is -2.74. The highest BCUT2D eigenvalue weighted by Crippen LogP contribution is 2.45. The van der Waals surface area contributed by atoms with E-state index in [9.17, 15) is 14.4 Å². The molecule has 0 bridgehead atoms. The number of fused-ring (bicyclic) bond motifs is 11. The summed E-state index contributed by atoms with van der Waals surface area (Å²) in [6.45, 7) is 9.74. The summed E-state index contributed by atoms with van der Waals surface area (Å²) < 4.78 is 15.8. The largest absolute Gasteiger partial charge is 0.490 e. The van der Waals surface area contributed by atoms with Crippen molar-refractivity contribution < 1.29 is 23.9 Å². The summed E-state index contributed by atoms with van der Waals surface area (Å²) in [4.78, 5) is 51.6. The van der Waals surface area contributed by atoms with Gasteiger partial charge in [-0.2, -0.15) is 0 Å². The van der Waals surface area contributed by atoms with Crippen LogP contribution < -0.4 is 25.6 Å². The highest BCUT2D eigenvalue weighted by molar-refractivity contribution is 6.29. The van der Waals surface area contributed by atoms with E-state index in [4.69, 9.17) is 26.1 Å².